The van der Waals surface area contributed by atoms with Gasteiger partial charge >= 0.3 is 12.0 Å². The number of carbonyl (C=O) groups is 2. The molecule has 2 heterocycles. The third-order valence-corrected chi connectivity index (χ3v) is 2.50. The van der Waals surface area contributed by atoms with Crippen molar-refractivity contribution in [1.29, 1.82) is 0 Å². The van der Waals surface area contributed by atoms with Crippen LogP contribution in [0.5, 0.6) is 0 Å². The van der Waals surface area contributed by atoms with Crippen LogP contribution in [0.15, 0.2) is 12.4 Å². The third-order valence-electron chi connectivity index (χ3n) is 2.50. The van der Waals surface area contributed by atoms with Crippen LogP contribution in [0.4, 0.5) is 10.7 Å². The molecule has 2 amide bonds. The van der Waals surface area contributed by atoms with Crippen LogP contribution in [-0.2, 0) is 4.79 Å². The van der Waals surface area contributed by atoms with Gasteiger partial charge < -0.3 is 10.0 Å². The number of rotatable bonds is 2. The van der Waals surface area contributed by atoms with Crippen molar-refractivity contribution < 1.29 is 14.7 Å². The normalized spacial score (nSPS) is 19.1. The van der Waals surface area contributed by atoms with Crippen molar-refractivity contribution in [3.05, 3.63) is 12.4 Å². The van der Waals surface area contributed by atoms with Gasteiger partial charge in [0.2, 0.25) is 0 Å². The van der Waals surface area contributed by atoms with Gasteiger partial charge in [-0.05, 0) is 12.8 Å². The van der Waals surface area contributed by atoms with Crippen molar-refractivity contribution in [2.24, 2.45) is 0 Å². The van der Waals surface area contributed by atoms with E-state index in [-0.39, 0.29) is 5.95 Å². The lowest BCUT2D eigenvalue weighted by molar-refractivity contribution is -0.141. The van der Waals surface area contributed by atoms with Crippen LogP contribution in [0.3, 0.4) is 0 Å². The first-order valence-corrected chi connectivity index (χ1v) is 5.12. The van der Waals surface area contributed by atoms with E-state index in [0.29, 0.717) is 19.4 Å². The molecule has 17 heavy (non-hydrogen) atoms. The first-order chi connectivity index (χ1) is 8.18. The molecule has 0 bridgehead atoms. The first-order valence-electron chi connectivity index (χ1n) is 5.12. The Labute approximate surface area is 96.7 Å². The number of nitrogens with one attached hydrogen (secondary N) is 1. The Kier molecular flexibility index (Phi) is 3.12. The van der Waals surface area contributed by atoms with Gasteiger partial charge in [0.1, 0.15) is 6.04 Å². The van der Waals surface area contributed by atoms with Gasteiger partial charge in [-0.3, -0.25) is 5.32 Å². The summed E-state index contributed by atoms with van der Waals surface area (Å²) < 4.78 is 0. The van der Waals surface area contributed by atoms with Gasteiger partial charge in [0.05, 0.1) is 12.4 Å². The van der Waals surface area contributed by atoms with Gasteiger partial charge in [-0.2, -0.15) is 5.10 Å². The van der Waals surface area contributed by atoms with Crippen LogP contribution in [0, 0.1) is 0 Å². The standard InChI is InChI=1S/C9H11N5O3/c15-7(16)6-2-1-5-14(6)9(17)12-8-10-3-4-11-13-8/h3-4,6H,1-2,5H2,(H,15,16)(H,10,12,13,17)/t6-/m1/s1. The minimum atomic E-state index is -0.996. The van der Waals surface area contributed by atoms with E-state index in [1.807, 2.05) is 0 Å². The maximum atomic E-state index is 11.8. The topological polar surface area (TPSA) is 108 Å². The molecule has 0 spiro atoms. The van der Waals surface area contributed by atoms with E-state index in [2.05, 4.69) is 20.5 Å². The number of aliphatic carboxylic acids is 1. The zero-order valence-corrected chi connectivity index (χ0v) is 8.91. The molecule has 1 fully saturated rings. The summed E-state index contributed by atoms with van der Waals surface area (Å²) in [5, 5.41) is 18.5. The van der Waals surface area contributed by atoms with Crippen molar-refractivity contribution in [3.63, 3.8) is 0 Å². The molecule has 0 radical (unpaired) electrons. The molecule has 0 saturated carbocycles. The molecule has 1 aromatic heterocycles. The Hall–Kier alpha value is -2.25. The quantitative estimate of drug-likeness (QED) is 0.746. The Morgan fingerprint density at radius 3 is 2.94 bits per heavy atom. The number of likely N-dealkylation sites (tertiary alicyclic amines) is 1. The minimum Gasteiger partial charge on any atom is -0.480 e. The predicted octanol–water partition coefficient (Wildman–Crippen LogP) is -0.0475. The largest absolute Gasteiger partial charge is 0.480 e. The second kappa shape index (κ2) is 4.73. The van der Waals surface area contributed by atoms with Crippen LogP contribution in [-0.4, -0.2) is 49.8 Å². The van der Waals surface area contributed by atoms with E-state index in [1.165, 1.54) is 17.3 Å². The fourth-order valence-electron chi connectivity index (χ4n) is 1.74. The minimum absolute atomic E-state index is 0.0635. The molecular weight excluding hydrogens is 226 g/mol. The average molecular weight is 237 g/mol. The molecule has 0 unspecified atom stereocenters. The molecule has 8 heteroatoms. The molecule has 1 atom stereocenters. The molecule has 1 aliphatic rings. The Morgan fingerprint density at radius 1 is 1.47 bits per heavy atom. The molecule has 1 aliphatic heterocycles. The summed E-state index contributed by atoms with van der Waals surface area (Å²) >= 11 is 0. The highest BCUT2D eigenvalue weighted by Crippen LogP contribution is 2.18. The number of carboxylic acid groups (broad SMARTS) is 1. The highest BCUT2D eigenvalue weighted by molar-refractivity contribution is 5.91. The Morgan fingerprint density at radius 2 is 2.29 bits per heavy atom. The van der Waals surface area contributed by atoms with Gasteiger partial charge in [0.15, 0.2) is 0 Å². The van der Waals surface area contributed by atoms with E-state index in [9.17, 15) is 9.59 Å². The summed E-state index contributed by atoms with van der Waals surface area (Å²) in [5.74, 6) is -0.932. The monoisotopic (exact) mass is 237 g/mol. The summed E-state index contributed by atoms with van der Waals surface area (Å²) in [4.78, 5) is 27.7. The van der Waals surface area contributed by atoms with E-state index in [4.69, 9.17) is 5.11 Å². The number of carbonyl (C=O) groups excluding carboxylic acids is 1. The highest BCUT2D eigenvalue weighted by Gasteiger charge is 2.34. The Bertz CT molecular complexity index is 424. The maximum Gasteiger partial charge on any atom is 0.326 e. The molecule has 0 aromatic carbocycles. The van der Waals surface area contributed by atoms with E-state index < -0.39 is 18.0 Å². The van der Waals surface area contributed by atoms with Gasteiger partial charge in [-0.25, -0.2) is 14.6 Å². The summed E-state index contributed by atoms with van der Waals surface area (Å²) in [6.07, 6.45) is 3.92. The van der Waals surface area contributed by atoms with Gasteiger partial charge in [0, 0.05) is 6.54 Å². The smallest absolute Gasteiger partial charge is 0.326 e. The molecule has 1 saturated heterocycles. The van der Waals surface area contributed by atoms with Crippen molar-refractivity contribution in [3.8, 4) is 0 Å². The summed E-state index contributed by atoms with van der Waals surface area (Å²) in [7, 11) is 0. The summed E-state index contributed by atoms with van der Waals surface area (Å²) in [6.45, 7) is 0.420. The molecule has 1 aromatic rings. The van der Waals surface area contributed by atoms with Crippen LogP contribution in [0.2, 0.25) is 0 Å². The molecule has 2 N–H and O–H groups in total. The van der Waals surface area contributed by atoms with Gasteiger partial charge in [-0.15, -0.1) is 5.10 Å². The number of hydrogen-bond acceptors (Lipinski definition) is 5. The average Bonchev–Trinajstić information content (AvgIpc) is 2.79. The lowest BCUT2D eigenvalue weighted by Gasteiger charge is -2.20. The summed E-state index contributed by atoms with van der Waals surface area (Å²) in [5.41, 5.74) is 0. The van der Waals surface area contributed by atoms with Crippen molar-refractivity contribution in [2.75, 3.05) is 11.9 Å². The molecule has 8 nitrogen and oxygen atoms in total. The molecule has 2 rings (SSSR count). The third kappa shape index (κ3) is 2.47. The number of anilines is 1. The summed E-state index contributed by atoms with van der Waals surface area (Å²) in [6, 6.07) is -1.28. The molecule has 0 aliphatic carbocycles. The van der Waals surface area contributed by atoms with Crippen molar-refractivity contribution in [2.45, 2.75) is 18.9 Å². The zero-order chi connectivity index (χ0) is 12.3. The number of aromatic nitrogens is 3. The van der Waals surface area contributed by atoms with Crippen LogP contribution in [0.25, 0.3) is 0 Å². The fraction of sp³-hybridized carbons (Fsp3) is 0.444. The number of nitrogens with zero attached hydrogens (tertiary/aromatic N) is 4. The molecule has 90 valence electrons. The van der Waals surface area contributed by atoms with E-state index in [1.54, 1.807) is 0 Å². The van der Waals surface area contributed by atoms with Crippen molar-refractivity contribution >= 4 is 17.9 Å². The van der Waals surface area contributed by atoms with Crippen LogP contribution < -0.4 is 5.32 Å². The number of hydrogen-bond donors (Lipinski definition) is 2. The number of amides is 2. The van der Waals surface area contributed by atoms with E-state index in [0.717, 1.165) is 0 Å². The predicted molar refractivity (Wildman–Crippen MR) is 56.2 cm³/mol. The lowest BCUT2D eigenvalue weighted by atomic mass is 10.2. The number of urea groups is 1. The maximum absolute atomic E-state index is 11.8. The van der Waals surface area contributed by atoms with Gasteiger partial charge in [0.25, 0.3) is 5.95 Å². The van der Waals surface area contributed by atoms with Gasteiger partial charge in [-0.1, -0.05) is 0 Å². The SMILES string of the molecule is O=C(O)[C@H]1CCCN1C(=O)Nc1nccnn1. The van der Waals surface area contributed by atoms with E-state index >= 15 is 0 Å². The van der Waals surface area contributed by atoms with Crippen LogP contribution in [0.1, 0.15) is 12.8 Å². The second-order valence-electron chi connectivity index (χ2n) is 3.59. The first kappa shape index (κ1) is 11.2. The molecular formula is C9H11N5O3. The fourth-order valence-corrected chi connectivity index (χ4v) is 1.74. The number of carboxylic acids is 1. The highest BCUT2D eigenvalue weighted by atomic mass is 16.4. The Balaban J connectivity index is 2.03. The lowest BCUT2D eigenvalue weighted by Crippen LogP contribution is -2.43. The van der Waals surface area contributed by atoms with Crippen LogP contribution >= 0.6 is 0 Å². The second-order valence-corrected chi connectivity index (χ2v) is 3.59. The van der Waals surface area contributed by atoms with Crippen molar-refractivity contribution in [1.82, 2.24) is 20.1 Å². The zero-order valence-electron chi connectivity index (χ0n) is 8.91.